The molecule has 5 nitrogen and oxygen atoms in total. The van der Waals surface area contributed by atoms with Crippen molar-refractivity contribution in [2.75, 3.05) is 11.9 Å². The van der Waals surface area contributed by atoms with Crippen LogP contribution in [0.4, 0.5) is 5.82 Å². The predicted molar refractivity (Wildman–Crippen MR) is 79.7 cm³/mol. The number of nitrogens with zero attached hydrogens (tertiary/aromatic N) is 4. The first kappa shape index (κ1) is 12.6. The van der Waals surface area contributed by atoms with Crippen LogP contribution in [0.1, 0.15) is 18.5 Å². The van der Waals surface area contributed by atoms with Gasteiger partial charge in [0.05, 0.1) is 29.5 Å². The highest BCUT2D eigenvalue weighted by Gasteiger charge is 2.06. The molecule has 0 saturated heterocycles. The van der Waals surface area contributed by atoms with Crippen LogP contribution < -0.4 is 5.32 Å². The van der Waals surface area contributed by atoms with Crippen LogP contribution in [0.3, 0.4) is 0 Å². The first-order valence-electron chi connectivity index (χ1n) is 6.69. The summed E-state index contributed by atoms with van der Waals surface area (Å²) in [5, 5.41) is 7.63. The van der Waals surface area contributed by atoms with Crippen LogP contribution in [0.25, 0.3) is 11.0 Å². The van der Waals surface area contributed by atoms with Gasteiger partial charge in [0.25, 0.3) is 0 Å². The lowest BCUT2D eigenvalue weighted by atomic mass is 10.3. The SMILES string of the molecule is Cc1cnn([C@H](C)CNc2cnc3ccccc3n2)c1. The molecule has 1 atom stereocenters. The van der Waals surface area contributed by atoms with E-state index in [2.05, 4.69) is 27.3 Å². The zero-order valence-corrected chi connectivity index (χ0v) is 11.6. The summed E-state index contributed by atoms with van der Waals surface area (Å²) in [5.74, 6) is 0.791. The summed E-state index contributed by atoms with van der Waals surface area (Å²) < 4.78 is 1.96. The second kappa shape index (κ2) is 5.28. The van der Waals surface area contributed by atoms with Crippen molar-refractivity contribution in [3.05, 3.63) is 48.4 Å². The Labute approximate surface area is 117 Å². The minimum Gasteiger partial charge on any atom is -0.367 e. The Bertz CT molecular complexity index is 719. The normalized spacial score (nSPS) is 12.5. The van der Waals surface area contributed by atoms with E-state index in [-0.39, 0.29) is 6.04 Å². The van der Waals surface area contributed by atoms with E-state index in [0.717, 1.165) is 23.4 Å². The number of nitrogens with one attached hydrogen (secondary N) is 1. The molecule has 0 unspecified atom stereocenters. The first-order chi connectivity index (χ1) is 9.72. The van der Waals surface area contributed by atoms with Gasteiger partial charge in [-0.15, -0.1) is 0 Å². The molecule has 1 N–H and O–H groups in total. The molecule has 3 rings (SSSR count). The molecule has 0 saturated carbocycles. The largest absolute Gasteiger partial charge is 0.367 e. The van der Waals surface area contributed by atoms with Crippen LogP contribution in [0.15, 0.2) is 42.9 Å². The molecular formula is C15H17N5. The van der Waals surface area contributed by atoms with Crippen molar-refractivity contribution in [3.63, 3.8) is 0 Å². The van der Waals surface area contributed by atoms with Gasteiger partial charge in [-0.3, -0.25) is 9.67 Å². The number of anilines is 1. The second-order valence-electron chi connectivity index (χ2n) is 4.97. The zero-order valence-electron chi connectivity index (χ0n) is 11.6. The van der Waals surface area contributed by atoms with Crippen LogP contribution >= 0.6 is 0 Å². The first-order valence-corrected chi connectivity index (χ1v) is 6.69. The molecule has 0 fully saturated rings. The lowest BCUT2D eigenvalue weighted by Gasteiger charge is -2.13. The Balaban J connectivity index is 1.70. The molecule has 0 bridgehead atoms. The highest BCUT2D eigenvalue weighted by Crippen LogP contribution is 2.12. The fraction of sp³-hybridized carbons (Fsp3) is 0.267. The van der Waals surface area contributed by atoms with E-state index < -0.39 is 0 Å². The number of benzene rings is 1. The molecule has 2 heterocycles. The van der Waals surface area contributed by atoms with E-state index in [9.17, 15) is 0 Å². The Kier molecular flexibility index (Phi) is 3.33. The van der Waals surface area contributed by atoms with Crippen molar-refractivity contribution in [1.82, 2.24) is 19.7 Å². The monoisotopic (exact) mass is 267 g/mol. The average molecular weight is 267 g/mol. The molecule has 5 heteroatoms. The van der Waals surface area contributed by atoms with Crippen LogP contribution in [0.5, 0.6) is 0 Å². The summed E-state index contributed by atoms with van der Waals surface area (Å²) in [6, 6.07) is 8.12. The number of rotatable bonds is 4. The summed E-state index contributed by atoms with van der Waals surface area (Å²) in [7, 11) is 0. The standard InChI is InChI=1S/C15H17N5/c1-11-7-18-20(10-11)12(2)8-17-15-9-16-13-5-3-4-6-14(13)19-15/h3-7,9-10,12H,8H2,1-2H3,(H,17,19)/t12-/m1/s1. The molecule has 0 aliphatic heterocycles. The van der Waals surface area contributed by atoms with Gasteiger partial charge in [0, 0.05) is 12.7 Å². The number of fused-ring (bicyclic) bond motifs is 1. The lowest BCUT2D eigenvalue weighted by molar-refractivity contribution is 0.511. The summed E-state index contributed by atoms with van der Waals surface area (Å²) in [6.45, 7) is 4.92. The third kappa shape index (κ3) is 2.61. The van der Waals surface area contributed by atoms with Gasteiger partial charge in [-0.2, -0.15) is 5.10 Å². The number of hydrogen-bond acceptors (Lipinski definition) is 4. The number of aryl methyl sites for hydroxylation is 1. The second-order valence-corrected chi connectivity index (χ2v) is 4.97. The van der Waals surface area contributed by atoms with Crippen LogP contribution in [-0.2, 0) is 0 Å². The van der Waals surface area contributed by atoms with Crippen molar-refractivity contribution in [2.45, 2.75) is 19.9 Å². The van der Waals surface area contributed by atoms with Gasteiger partial charge in [0.15, 0.2) is 0 Å². The van der Waals surface area contributed by atoms with E-state index >= 15 is 0 Å². The molecule has 0 spiro atoms. The lowest BCUT2D eigenvalue weighted by Crippen LogP contribution is -2.17. The van der Waals surface area contributed by atoms with Gasteiger partial charge in [0.1, 0.15) is 5.82 Å². The highest BCUT2D eigenvalue weighted by atomic mass is 15.3. The smallest absolute Gasteiger partial charge is 0.145 e. The Morgan fingerprint density at radius 1 is 1.20 bits per heavy atom. The minimum absolute atomic E-state index is 0.261. The maximum atomic E-state index is 4.54. The number of hydrogen-bond donors (Lipinski definition) is 1. The zero-order chi connectivity index (χ0) is 13.9. The van der Waals surface area contributed by atoms with Gasteiger partial charge < -0.3 is 5.32 Å². The molecule has 102 valence electrons. The maximum Gasteiger partial charge on any atom is 0.145 e. The molecular weight excluding hydrogens is 250 g/mol. The van der Waals surface area contributed by atoms with Gasteiger partial charge in [0.2, 0.25) is 0 Å². The molecule has 1 aromatic carbocycles. The summed E-state index contributed by atoms with van der Waals surface area (Å²) in [4.78, 5) is 8.93. The van der Waals surface area contributed by atoms with E-state index in [1.54, 1.807) is 6.20 Å². The summed E-state index contributed by atoms with van der Waals surface area (Å²) in [5.41, 5.74) is 2.98. The van der Waals surface area contributed by atoms with Crippen molar-refractivity contribution >= 4 is 16.9 Å². The number of para-hydroxylation sites is 2. The maximum absolute atomic E-state index is 4.54. The van der Waals surface area contributed by atoms with Crippen molar-refractivity contribution in [3.8, 4) is 0 Å². The molecule has 2 aromatic heterocycles. The van der Waals surface area contributed by atoms with Crippen LogP contribution in [0, 0.1) is 6.92 Å². The molecule has 0 aliphatic rings. The Hall–Kier alpha value is -2.43. The molecule has 0 aliphatic carbocycles. The predicted octanol–water partition coefficient (Wildman–Crippen LogP) is 2.81. The quantitative estimate of drug-likeness (QED) is 0.789. The molecule has 3 aromatic rings. The van der Waals surface area contributed by atoms with Gasteiger partial charge >= 0.3 is 0 Å². The molecule has 20 heavy (non-hydrogen) atoms. The van der Waals surface area contributed by atoms with Crippen molar-refractivity contribution in [1.29, 1.82) is 0 Å². The average Bonchev–Trinajstić information content (AvgIpc) is 2.91. The molecule has 0 amide bonds. The van der Waals surface area contributed by atoms with Crippen molar-refractivity contribution in [2.24, 2.45) is 0 Å². The van der Waals surface area contributed by atoms with Crippen LogP contribution in [0.2, 0.25) is 0 Å². The van der Waals surface area contributed by atoms with E-state index in [1.807, 2.05) is 48.3 Å². The van der Waals surface area contributed by atoms with E-state index in [4.69, 9.17) is 0 Å². The third-order valence-corrected chi connectivity index (χ3v) is 3.21. The summed E-state index contributed by atoms with van der Waals surface area (Å²) in [6.07, 6.45) is 5.67. The van der Waals surface area contributed by atoms with Crippen molar-refractivity contribution < 1.29 is 0 Å². The topological polar surface area (TPSA) is 55.6 Å². The fourth-order valence-corrected chi connectivity index (χ4v) is 2.06. The Morgan fingerprint density at radius 3 is 2.75 bits per heavy atom. The van der Waals surface area contributed by atoms with E-state index in [0.29, 0.717) is 0 Å². The Morgan fingerprint density at radius 2 is 2.00 bits per heavy atom. The minimum atomic E-state index is 0.261. The molecule has 0 radical (unpaired) electrons. The fourth-order valence-electron chi connectivity index (χ4n) is 2.06. The van der Waals surface area contributed by atoms with Gasteiger partial charge in [-0.25, -0.2) is 4.98 Å². The van der Waals surface area contributed by atoms with Gasteiger partial charge in [-0.1, -0.05) is 12.1 Å². The van der Waals surface area contributed by atoms with Crippen LogP contribution in [-0.4, -0.2) is 26.3 Å². The number of aromatic nitrogens is 4. The summed E-state index contributed by atoms with van der Waals surface area (Å²) >= 11 is 0. The van der Waals surface area contributed by atoms with Gasteiger partial charge in [-0.05, 0) is 31.5 Å². The third-order valence-electron chi connectivity index (χ3n) is 3.21. The van der Waals surface area contributed by atoms with E-state index in [1.165, 1.54) is 5.56 Å². The highest BCUT2D eigenvalue weighted by molar-refractivity contribution is 5.75.